The summed E-state index contributed by atoms with van der Waals surface area (Å²) in [5.74, 6) is 0.0634. The number of hydrogen-bond acceptors (Lipinski definition) is 3. The third-order valence-electron chi connectivity index (χ3n) is 4.31. The Balaban J connectivity index is 1.66. The van der Waals surface area contributed by atoms with E-state index in [0.29, 0.717) is 36.0 Å². The van der Waals surface area contributed by atoms with E-state index in [2.05, 4.69) is 5.16 Å². The molecule has 0 bridgehead atoms. The largest absolute Gasteiger partial charge is 0.390 e. The van der Waals surface area contributed by atoms with Crippen molar-refractivity contribution in [1.82, 2.24) is 4.90 Å². The number of nitrogens with zero attached hydrogens (tertiary/aromatic N) is 2. The first kappa shape index (κ1) is 18.7. The van der Waals surface area contributed by atoms with Crippen molar-refractivity contribution in [3.63, 3.8) is 0 Å². The van der Waals surface area contributed by atoms with Crippen LogP contribution in [0.15, 0.2) is 53.7 Å². The highest BCUT2D eigenvalue weighted by Crippen LogP contribution is 2.22. The molecule has 3 rings (SSSR count). The van der Waals surface area contributed by atoms with Crippen molar-refractivity contribution in [2.45, 2.75) is 32.4 Å². The number of benzene rings is 2. The van der Waals surface area contributed by atoms with Crippen LogP contribution in [0.5, 0.6) is 0 Å². The van der Waals surface area contributed by atoms with Gasteiger partial charge in [0.25, 0.3) is 0 Å². The van der Waals surface area contributed by atoms with Crippen molar-refractivity contribution in [3.8, 4) is 0 Å². The summed E-state index contributed by atoms with van der Waals surface area (Å²) < 4.78 is 0. The maximum Gasteiger partial charge on any atom is 0.222 e. The first-order valence-corrected chi connectivity index (χ1v) is 9.32. The SMILES string of the molecule is CCC(=O)N(Cc1ccccc1Cl)C[C@H]1CC(c2ccc(Cl)cc2)=NO1. The normalized spacial score (nSPS) is 16.1. The van der Waals surface area contributed by atoms with Gasteiger partial charge in [-0.1, -0.05) is 65.6 Å². The third-order valence-corrected chi connectivity index (χ3v) is 4.93. The number of carbonyl (C=O) groups excluding carboxylic acids is 1. The Morgan fingerprint density at radius 1 is 1.19 bits per heavy atom. The van der Waals surface area contributed by atoms with Crippen LogP contribution in [-0.4, -0.2) is 29.2 Å². The molecule has 2 aromatic rings. The van der Waals surface area contributed by atoms with E-state index in [1.54, 1.807) is 4.90 Å². The van der Waals surface area contributed by atoms with E-state index >= 15 is 0 Å². The van der Waals surface area contributed by atoms with Crippen molar-refractivity contribution < 1.29 is 9.63 Å². The van der Waals surface area contributed by atoms with Gasteiger partial charge in [-0.05, 0) is 29.3 Å². The fourth-order valence-electron chi connectivity index (χ4n) is 2.90. The lowest BCUT2D eigenvalue weighted by Gasteiger charge is -2.25. The molecule has 0 aliphatic carbocycles. The summed E-state index contributed by atoms with van der Waals surface area (Å²) in [7, 11) is 0. The molecule has 0 N–H and O–H groups in total. The van der Waals surface area contributed by atoms with Crippen molar-refractivity contribution in [1.29, 1.82) is 0 Å². The van der Waals surface area contributed by atoms with Crippen LogP contribution >= 0.6 is 23.2 Å². The fraction of sp³-hybridized carbons (Fsp3) is 0.300. The zero-order valence-electron chi connectivity index (χ0n) is 14.5. The second-order valence-corrected chi connectivity index (χ2v) is 7.04. The highest BCUT2D eigenvalue weighted by molar-refractivity contribution is 6.31. The van der Waals surface area contributed by atoms with Gasteiger partial charge in [0, 0.05) is 29.4 Å². The van der Waals surface area contributed by atoms with Gasteiger partial charge in [-0.25, -0.2) is 0 Å². The Kier molecular flexibility index (Phi) is 6.17. The van der Waals surface area contributed by atoms with Gasteiger partial charge in [-0.3, -0.25) is 4.79 Å². The molecule has 0 unspecified atom stereocenters. The lowest BCUT2D eigenvalue weighted by Crippen LogP contribution is -2.37. The molecule has 1 aliphatic rings. The highest BCUT2D eigenvalue weighted by Gasteiger charge is 2.26. The molecule has 1 aliphatic heterocycles. The Labute approximate surface area is 163 Å². The molecule has 1 heterocycles. The minimum absolute atomic E-state index is 0.0634. The average molecular weight is 391 g/mol. The summed E-state index contributed by atoms with van der Waals surface area (Å²) in [6.45, 7) is 2.79. The molecule has 2 aromatic carbocycles. The van der Waals surface area contributed by atoms with E-state index < -0.39 is 0 Å². The van der Waals surface area contributed by atoms with E-state index in [-0.39, 0.29) is 12.0 Å². The number of rotatable bonds is 6. The van der Waals surface area contributed by atoms with E-state index in [9.17, 15) is 4.79 Å². The van der Waals surface area contributed by atoms with Crippen LogP contribution in [0.3, 0.4) is 0 Å². The van der Waals surface area contributed by atoms with E-state index in [0.717, 1.165) is 16.8 Å². The zero-order chi connectivity index (χ0) is 18.5. The minimum atomic E-state index is -0.168. The minimum Gasteiger partial charge on any atom is -0.390 e. The van der Waals surface area contributed by atoms with Crippen LogP contribution in [0.4, 0.5) is 0 Å². The monoisotopic (exact) mass is 390 g/mol. The fourth-order valence-corrected chi connectivity index (χ4v) is 3.22. The van der Waals surface area contributed by atoms with Gasteiger partial charge < -0.3 is 9.74 Å². The van der Waals surface area contributed by atoms with Gasteiger partial charge in [-0.2, -0.15) is 0 Å². The van der Waals surface area contributed by atoms with E-state index in [1.807, 2.05) is 55.5 Å². The zero-order valence-corrected chi connectivity index (χ0v) is 16.0. The summed E-state index contributed by atoms with van der Waals surface area (Å²) in [6.07, 6.45) is 0.915. The van der Waals surface area contributed by atoms with Crippen LogP contribution < -0.4 is 0 Å². The predicted octanol–water partition coefficient (Wildman–Crippen LogP) is 4.93. The van der Waals surface area contributed by atoms with Crippen molar-refractivity contribution >= 4 is 34.8 Å². The molecule has 0 fully saturated rings. The third kappa shape index (κ3) is 4.57. The van der Waals surface area contributed by atoms with Gasteiger partial charge in [-0.15, -0.1) is 0 Å². The second kappa shape index (κ2) is 8.56. The summed E-state index contributed by atoms with van der Waals surface area (Å²) in [5, 5.41) is 5.53. The standard InChI is InChI=1S/C20H20Cl2N2O2/c1-2-20(25)24(12-15-5-3-4-6-18(15)22)13-17-11-19(23-26-17)14-7-9-16(21)10-8-14/h3-10,17H,2,11-13H2,1H3/t17-/m1/s1. The van der Waals surface area contributed by atoms with E-state index in [1.165, 1.54) is 0 Å². The van der Waals surface area contributed by atoms with Crippen LogP contribution in [0.2, 0.25) is 10.0 Å². The van der Waals surface area contributed by atoms with Crippen LogP contribution in [-0.2, 0) is 16.2 Å². The van der Waals surface area contributed by atoms with Gasteiger partial charge in [0.05, 0.1) is 12.3 Å². The molecule has 26 heavy (non-hydrogen) atoms. The summed E-state index contributed by atoms with van der Waals surface area (Å²) in [6, 6.07) is 15.1. The lowest BCUT2D eigenvalue weighted by molar-refractivity contribution is -0.133. The topological polar surface area (TPSA) is 41.9 Å². The quantitative estimate of drug-likeness (QED) is 0.701. The predicted molar refractivity (Wildman–Crippen MR) is 105 cm³/mol. The van der Waals surface area contributed by atoms with Gasteiger partial charge in [0.2, 0.25) is 5.91 Å². The summed E-state index contributed by atoms with van der Waals surface area (Å²) >= 11 is 12.2. The Bertz CT molecular complexity index is 806. The molecule has 136 valence electrons. The summed E-state index contributed by atoms with van der Waals surface area (Å²) in [4.78, 5) is 19.7. The molecular formula is C20H20Cl2N2O2. The number of oxime groups is 1. The molecule has 1 amide bonds. The number of carbonyl (C=O) groups is 1. The highest BCUT2D eigenvalue weighted by atomic mass is 35.5. The van der Waals surface area contributed by atoms with Crippen LogP contribution in [0.25, 0.3) is 0 Å². The lowest BCUT2D eigenvalue weighted by atomic mass is 10.0. The molecule has 1 atom stereocenters. The Hall–Kier alpha value is -2.04. The van der Waals surface area contributed by atoms with Crippen LogP contribution in [0.1, 0.15) is 30.9 Å². The maximum absolute atomic E-state index is 12.4. The second-order valence-electron chi connectivity index (χ2n) is 6.20. The molecule has 0 saturated heterocycles. The average Bonchev–Trinajstić information content (AvgIpc) is 3.11. The Morgan fingerprint density at radius 3 is 2.62 bits per heavy atom. The molecule has 0 saturated carbocycles. The van der Waals surface area contributed by atoms with Gasteiger partial charge in [0.1, 0.15) is 0 Å². The summed E-state index contributed by atoms with van der Waals surface area (Å²) in [5.41, 5.74) is 2.78. The molecule has 0 spiro atoms. The number of hydrogen-bond donors (Lipinski definition) is 0. The molecule has 4 nitrogen and oxygen atoms in total. The molecular weight excluding hydrogens is 371 g/mol. The smallest absolute Gasteiger partial charge is 0.222 e. The van der Waals surface area contributed by atoms with Crippen molar-refractivity contribution in [2.75, 3.05) is 6.54 Å². The van der Waals surface area contributed by atoms with Crippen molar-refractivity contribution in [2.24, 2.45) is 5.16 Å². The molecule has 0 aromatic heterocycles. The van der Waals surface area contributed by atoms with E-state index in [4.69, 9.17) is 28.0 Å². The molecule has 0 radical (unpaired) electrons. The maximum atomic E-state index is 12.4. The number of amides is 1. The molecule has 6 heteroatoms. The van der Waals surface area contributed by atoms with Crippen LogP contribution in [0, 0.1) is 0 Å². The number of halogens is 2. The first-order chi connectivity index (χ1) is 12.6. The van der Waals surface area contributed by atoms with Crippen molar-refractivity contribution in [3.05, 3.63) is 69.7 Å². The Morgan fingerprint density at radius 2 is 1.92 bits per heavy atom. The van der Waals surface area contributed by atoms with Gasteiger partial charge >= 0.3 is 0 Å². The van der Waals surface area contributed by atoms with Gasteiger partial charge in [0.15, 0.2) is 6.10 Å². The first-order valence-electron chi connectivity index (χ1n) is 8.56.